The van der Waals surface area contributed by atoms with Crippen LogP contribution in [0.25, 0.3) is 10.2 Å². The van der Waals surface area contributed by atoms with Crippen LogP contribution in [0.1, 0.15) is 34.4 Å². The smallest absolute Gasteiger partial charge is 0.158 e. The highest BCUT2D eigenvalue weighted by Gasteiger charge is 2.19. The van der Waals surface area contributed by atoms with E-state index in [1.54, 1.807) is 17.7 Å². The minimum absolute atomic E-state index is 0.817. The van der Waals surface area contributed by atoms with Gasteiger partial charge in [-0.1, -0.05) is 29.8 Å². The second-order valence-electron chi connectivity index (χ2n) is 5.89. The molecule has 116 valence electrons. The van der Waals surface area contributed by atoms with E-state index >= 15 is 0 Å². The van der Waals surface area contributed by atoms with Gasteiger partial charge >= 0.3 is 0 Å². The Kier molecular flexibility index (Phi) is 3.79. The van der Waals surface area contributed by atoms with Gasteiger partial charge in [-0.2, -0.15) is 5.10 Å². The van der Waals surface area contributed by atoms with E-state index in [-0.39, 0.29) is 0 Å². The van der Waals surface area contributed by atoms with E-state index in [2.05, 4.69) is 51.7 Å². The average Bonchev–Trinajstić information content (AvgIpc) is 2.96. The quantitative estimate of drug-likeness (QED) is 0.577. The van der Waals surface area contributed by atoms with Gasteiger partial charge in [0.2, 0.25) is 0 Å². The average molecular weight is 322 g/mol. The van der Waals surface area contributed by atoms with E-state index < -0.39 is 0 Å². The first kappa shape index (κ1) is 14.3. The zero-order valence-electron chi connectivity index (χ0n) is 13.0. The Bertz CT molecular complexity index is 865. The molecule has 5 heteroatoms. The molecule has 2 heterocycles. The molecule has 0 bridgehead atoms. The molecule has 2 aromatic heterocycles. The van der Waals surface area contributed by atoms with Crippen molar-refractivity contribution in [2.75, 3.05) is 5.43 Å². The molecule has 0 aliphatic heterocycles. The number of benzene rings is 1. The van der Waals surface area contributed by atoms with Crippen LogP contribution in [0.15, 0.2) is 35.7 Å². The number of hydrogen-bond acceptors (Lipinski definition) is 5. The third-order valence-corrected chi connectivity index (χ3v) is 5.41. The Labute approximate surface area is 139 Å². The molecule has 0 saturated heterocycles. The topological polar surface area (TPSA) is 50.2 Å². The summed E-state index contributed by atoms with van der Waals surface area (Å²) in [5, 5.41) is 5.52. The summed E-state index contributed by atoms with van der Waals surface area (Å²) in [6, 6.07) is 8.28. The molecule has 0 saturated carbocycles. The van der Waals surface area contributed by atoms with Crippen LogP contribution in [-0.2, 0) is 12.8 Å². The predicted molar refractivity (Wildman–Crippen MR) is 96.5 cm³/mol. The van der Waals surface area contributed by atoms with E-state index in [9.17, 15) is 0 Å². The van der Waals surface area contributed by atoms with Crippen molar-refractivity contribution in [3.8, 4) is 0 Å². The number of thiophene rings is 1. The normalized spacial score (nSPS) is 14.3. The van der Waals surface area contributed by atoms with Crippen LogP contribution in [0.4, 0.5) is 5.82 Å². The van der Waals surface area contributed by atoms with Crippen molar-refractivity contribution < 1.29 is 0 Å². The van der Waals surface area contributed by atoms with Gasteiger partial charge in [0.1, 0.15) is 11.2 Å². The monoisotopic (exact) mass is 322 g/mol. The summed E-state index contributed by atoms with van der Waals surface area (Å²) >= 11 is 1.80. The first-order valence-electron chi connectivity index (χ1n) is 7.92. The van der Waals surface area contributed by atoms with Crippen molar-refractivity contribution in [2.45, 2.75) is 32.6 Å². The van der Waals surface area contributed by atoms with E-state index in [1.807, 2.05) is 6.21 Å². The number of aryl methyl sites for hydroxylation is 3. The first-order chi connectivity index (χ1) is 11.3. The summed E-state index contributed by atoms with van der Waals surface area (Å²) in [4.78, 5) is 11.4. The molecule has 0 spiro atoms. The van der Waals surface area contributed by atoms with Crippen LogP contribution in [0.3, 0.4) is 0 Å². The second-order valence-corrected chi connectivity index (χ2v) is 6.98. The summed E-state index contributed by atoms with van der Waals surface area (Å²) in [6.07, 6.45) is 8.27. The van der Waals surface area contributed by atoms with Crippen molar-refractivity contribution in [3.63, 3.8) is 0 Å². The van der Waals surface area contributed by atoms with Crippen molar-refractivity contribution in [2.24, 2.45) is 5.10 Å². The zero-order chi connectivity index (χ0) is 15.6. The SMILES string of the molecule is Cc1ccc(/C=N\Nc2ncnc3sc4c(c23)CCCC4)cc1. The molecular formula is C18H18N4S. The largest absolute Gasteiger partial charge is 0.261 e. The summed E-state index contributed by atoms with van der Waals surface area (Å²) < 4.78 is 0. The van der Waals surface area contributed by atoms with Gasteiger partial charge in [-0.3, -0.25) is 5.43 Å². The molecule has 23 heavy (non-hydrogen) atoms. The minimum atomic E-state index is 0.817. The summed E-state index contributed by atoms with van der Waals surface area (Å²) in [5.41, 5.74) is 6.85. The predicted octanol–water partition coefficient (Wildman–Crippen LogP) is 4.32. The molecule has 0 atom stereocenters. The summed E-state index contributed by atoms with van der Waals surface area (Å²) in [7, 11) is 0. The molecule has 0 radical (unpaired) electrons. The molecule has 0 amide bonds. The highest BCUT2D eigenvalue weighted by molar-refractivity contribution is 7.19. The van der Waals surface area contributed by atoms with E-state index in [0.717, 1.165) is 28.0 Å². The van der Waals surface area contributed by atoms with Crippen LogP contribution < -0.4 is 5.43 Å². The Hall–Kier alpha value is -2.27. The number of rotatable bonds is 3. The lowest BCUT2D eigenvalue weighted by molar-refractivity contribution is 0.700. The van der Waals surface area contributed by atoms with Crippen LogP contribution in [0.5, 0.6) is 0 Å². The van der Waals surface area contributed by atoms with Crippen molar-refractivity contribution >= 4 is 33.6 Å². The van der Waals surface area contributed by atoms with Crippen LogP contribution in [-0.4, -0.2) is 16.2 Å². The Morgan fingerprint density at radius 3 is 2.83 bits per heavy atom. The third kappa shape index (κ3) is 2.84. The van der Waals surface area contributed by atoms with Gasteiger partial charge in [-0.25, -0.2) is 9.97 Å². The number of nitrogens with zero attached hydrogens (tertiary/aromatic N) is 3. The molecule has 4 nitrogen and oxygen atoms in total. The zero-order valence-corrected chi connectivity index (χ0v) is 13.9. The Balaban J connectivity index is 1.63. The molecule has 1 aliphatic rings. The molecule has 1 aliphatic carbocycles. The summed E-state index contributed by atoms with van der Waals surface area (Å²) in [5.74, 6) is 0.817. The lowest BCUT2D eigenvalue weighted by Crippen LogP contribution is -2.00. The van der Waals surface area contributed by atoms with Gasteiger partial charge in [-0.05, 0) is 43.7 Å². The summed E-state index contributed by atoms with van der Waals surface area (Å²) in [6.45, 7) is 2.08. The molecule has 4 rings (SSSR count). The number of fused-ring (bicyclic) bond motifs is 3. The van der Waals surface area contributed by atoms with Crippen LogP contribution in [0, 0.1) is 6.92 Å². The van der Waals surface area contributed by atoms with Crippen molar-refractivity contribution in [3.05, 3.63) is 52.2 Å². The number of anilines is 1. The number of hydrogen-bond donors (Lipinski definition) is 1. The standard InChI is InChI=1S/C18H18N4S/c1-12-6-8-13(9-7-12)10-21-22-17-16-14-4-2-3-5-15(14)23-18(16)20-11-19-17/h6-11H,2-5H2,1H3,(H,19,20,22)/b21-10-. The fourth-order valence-corrected chi connectivity index (χ4v) is 4.22. The van der Waals surface area contributed by atoms with Gasteiger partial charge in [0.05, 0.1) is 11.6 Å². The van der Waals surface area contributed by atoms with Crippen LogP contribution >= 0.6 is 11.3 Å². The maximum Gasteiger partial charge on any atom is 0.158 e. The molecule has 0 fully saturated rings. The van der Waals surface area contributed by atoms with Gasteiger partial charge in [0.15, 0.2) is 5.82 Å². The van der Waals surface area contributed by atoms with E-state index in [4.69, 9.17) is 0 Å². The lowest BCUT2D eigenvalue weighted by Gasteiger charge is -2.11. The maximum atomic E-state index is 4.44. The first-order valence-corrected chi connectivity index (χ1v) is 8.74. The fourth-order valence-electron chi connectivity index (χ4n) is 3.00. The molecular weight excluding hydrogens is 304 g/mol. The van der Waals surface area contributed by atoms with Gasteiger partial charge in [0.25, 0.3) is 0 Å². The molecule has 3 aromatic rings. The second kappa shape index (κ2) is 6.08. The third-order valence-electron chi connectivity index (χ3n) is 4.21. The van der Waals surface area contributed by atoms with Crippen molar-refractivity contribution in [1.29, 1.82) is 0 Å². The Morgan fingerprint density at radius 1 is 1.13 bits per heavy atom. The highest BCUT2D eigenvalue weighted by atomic mass is 32.1. The molecule has 1 aromatic carbocycles. The fraction of sp³-hybridized carbons (Fsp3) is 0.278. The minimum Gasteiger partial charge on any atom is -0.261 e. The van der Waals surface area contributed by atoms with Gasteiger partial charge in [0, 0.05) is 4.88 Å². The number of hydrazone groups is 1. The highest BCUT2D eigenvalue weighted by Crippen LogP contribution is 2.38. The van der Waals surface area contributed by atoms with Crippen molar-refractivity contribution in [1.82, 2.24) is 9.97 Å². The van der Waals surface area contributed by atoms with E-state index in [1.165, 1.54) is 35.3 Å². The number of nitrogens with one attached hydrogen (secondary N) is 1. The lowest BCUT2D eigenvalue weighted by atomic mass is 9.97. The van der Waals surface area contributed by atoms with Gasteiger partial charge < -0.3 is 0 Å². The molecule has 0 unspecified atom stereocenters. The van der Waals surface area contributed by atoms with E-state index in [0.29, 0.717) is 0 Å². The van der Waals surface area contributed by atoms with Crippen LogP contribution in [0.2, 0.25) is 0 Å². The van der Waals surface area contributed by atoms with Gasteiger partial charge in [-0.15, -0.1) is 11.3 Å². The molecule has 1 N–H and O–H groups in total. The number of aromatic nitrogens is 2. The maximum absolute atomic E-state index is 4.44. The Morgan fingerprint density at radius 2 is 1.96 bits per heavy atom.